The Hall–Kier alpha value is -0.620. The Labute approximate surface area is 81.1 Å². The van der Waals surface area contributed by atoms with Gasteiger partial charge in [0.1, 0.15) is 0 Å². The molecule has 0 saturated carbocycles. The zero-order valence-electron chi connectivity index (χ0n) is 6.49. The number of halogens is 1. The largest absolute Gasteiger partial charge is 0.294 e. The number of hydrogen-bond acceptors (Lipinski definition) is 2. The maximum Gasteiger partial charge on any atom is 0.294 e. The molecular weight excluding hydrogens is 214 g/mol. The van der Waals surface area contributed by atoms with E-state index in [1.54, 1.807) is 0 Å². The van der Waals surface area contributed by atoms with E-state index in [-0.39, 0.29) is 22.0 Å². The quantitative estimate of drug-likeness (QED) is 0.765. The van der Waals surface area contributed by atoms with Gasteiger partial charge in [0.05, 0.1) is 4.90 Å². The molecule has 0 aliphatic carbocycles. The van der Waals surface area contributed by atoms with E-state index >= 15 is 0 Å². The molecule has 1 radical (unpaired) electrons. The summed E-state index contributed by atoms with van der Waals surface area (Å²) < 4.78 is 30.3. The van der Waals surface area contributed by atoms with Gasteiger partial charge >= 0.3 is 0 Å². The summed E-state index contributed by atoms with van der Waals surface area (Å²) in [6.45, 7) is -0.216. The lowest BCUT2D eigenvalue weighted by Gasteiger charge is -2.03. The van der Waals surface area contributed by atoms with Crippen molar-refractivity contribution in [3.63, 3.8) is 0 Å². The standard InChI is InChI=1S/C7H7ClNO3S/c8-6-2-1-5(4-9)7(3-6)13(10,11)12/h1-3,9H,4H2,(H,10,11,12). The van der Waals surface area contributed by atoms with Gasteiger partial charge in [-0.3, -0.25) is 10.3 Å². The summed E-state index contributed by atoms with van der Waals surface area (Å²) in [6.07, 6.45) is 0. The van der Waals surface area contributed by atoms with Gasteiger partial charge in [-0.05, 0) is 17.7 Å². The number of benzene rings is 1. The molecule has 0 aromatic heterocycles. The van der Waals surface area contributed by atoms with Crippen LogP contribution in [0.1, 0.15) is 5.56 Å². The van der Waals surface area contributed by atoms with Crippen molar-refractivity contribution >= 4 is 21.7 Å². The molecule has 0 aliphatic rings. The normalized spacial score (nSPS) is 11.6. The minimum Gasteiger partial charge on any atom is -0.282 e. The molecule has 0 aliphatic heterocycles. The van der Waals surface area contributed by atoms with Crippen LogP contribution in [-0.2, 0) is 16.7 Å². The van der Waals surface area contributed by atoms with Crippen molar-refractivity contribution in [3.05, 3.63) is 28.8 Å². The van der Waals surface area contributed by atoms with Crippen LogP contribution in [0.25, 0.3) is 0 Å². The fourth-order valence-electron chi connectivity index (χ4n) is 0.915. The maximum absolute atomic E-state index is 10.8. The van der Waals surface area contributed by atoms with E-state index in [4.69, 9.17) is 21.9 Å². The van der Waals surface area contributed by atoms with Crippen molar-refractivity contribution in [1.29, 1.82) is 0 Å². The highest BCUT2D eigenvalue weighted by molar-refractivity contribution is 7.85. The van der Waals surface area contributed by atoms with Crippen LogP contribution in [0.2, 0.25) is 5.02 Å². The van der Waals surface area contributed by atoms with Gasteiger partial charge in [-0.2, -0.15) is 8.42 Å². The van der Waals surface area contributed by atoms with Crippen LogP contribution in [0.4, 0.5) is 0 Å². The molecule has 4 nitrogen and oxygen atoms in total. The van der Waals surface area contributed by atoms with Gasteiger partial charge in [-0.25, -0.2) is 0 Å². The smallest absolute Gasteiger partial charge is 0.282 e. The second-order valence-electron chi connectivity index (χ2n) is 2.40. The highest BCUT2D eigenvalue weighted by Crippen LogP contribution is 2.20. The molecule has 6 heteroatoms. The molecule has 1 aromatic carbocycles. The Balaban J connectivity index is 3.41. The molecule has 0 bridgehead atoms. The second-order valence-corrected chi connectivity index (χ2v) is 4.23. The van der Waals surface area contributed by atoms with Gasteiger partial charge < -0.3 is 0 Å². The van der Waals surface area contributed by atoms with Gasteiger partial charge in [0, 0.05) is 11.6 Å². The average molecular weight is 221 g/mol. The third-order valence-electron chi connectivity index (χ3n) is 1.50. The topological polar surface area (TPSA) is 78.2 Å². The summed E-state index contributed by atoms with van der Waals surface area (Å²) in [7, 11) is -4.27. The molecule has 2 N–H and O–H groups in total. The van der Waals surface area contributed by atoms with Crippen LogP contribution in [0, 0.1) is 0 Å². The SMILES string of the molecule is [NH]Cc1ccc(Cl)cc1S(=O)(=O)O. The molecule has 1 aromatic rings. The third-order valence-corrected chi connectivity index (χ3v) is 2.67. The summed E-state index contributed by atoms with van der Waals surface area (Å²) in [5.41, 5.74) is 7.24. The highest BCUT2D eigenvalue weighted by atomic mass is 35.5. The molecule has 71 valence electrons. The average Bonchev–Trinajstić information content (AvgIpc) is 2.03. The maximum atomic E-state index is 10.8. The molecule has 0 unspecified atom stereocenters. The van der Waals surface area contributed by atoms with Crippen molar-refractivity contribution < 1.29 is 13.0 Å². The predicted molar refractivity (Wildman–Crippen MR) is 48.1 cm³/mol. The molecule has 0 amide bonds. The molecule has 0 heterocycles. The molecule has 1 rings (SSSR count). The third kappa shape index (κ3) is 2.41. The van der Waals surface area contributed by atoms with E-state index in [9.17, 15) is 8.42 Å². The lowest BCUT2D eigenvalue weighted by atomic mass is 10.2. The van der Waals surface area contributed by atoms with Crippen LogP contribution in [-0.4, -0.2) is 13.0 Å². The van der Waals surface area contributed by atoms with Crippen molar-refractivity contribution in [1.82, 2.24) is 5.73 Å². The summed E-state index contributed by atoms with van der Waals surface area (Å²) >= 11 is 5.54. The van der Waals surface area contributed by atoms with Crippen LogP contribution >= 0.6 is 11.6 Å². The fraction of sp³-hybridized carbons (Fsp3) is 0.143. The minimum absolute atomic E-state index is 0.213. The van der Waals surface area contributed by atoms with Crippen molar-refractivity contribution in [2.45, 2.75) is 11.4 Å². The van der Waals surface area contributed by atoms with Crippen LogP contribution in [0.3, 0.4) is 0 Å². The Morgan fingerprint density at radius 3 is 2.54 bits per heavy atom. The van der Waals surface area contributed by atoms with Gasteiger partial charge in [0.2, 0.25) is 0 Å². The molecule has 0 fully saturated rings. The first kappa shape index (κ1) is 10.5. The monoisotopic (exact) mass is 220 g/mol. The van der Waals surface area contributed by atoms with Gasteiger partial charge in [0.15, 0.2) is 0 Å². The van der Waals surface area contributed by atoms with Gasteiger partial charge in [-0.15, -0.1) is 0 Å². The van der Waals surface area contributed by atoms with Crippen molar-refractivity contribution in [3.8, 4) is 0 Å². The molecule has 0 saturated heterocycles. The molecular formula is C7H7ClNO3S. The lowest BCUT2D eigenvalue weighted by Crippen LogP contribution is -2.03. The highest BCUT2D eigenvalue weighted by Gasteiger charge is 2.14. The van der Waals surface area contributed by atoms with E-state index < -0.39 is 10.1 Å². The van der Waals surface area contributed by atoms with Crippen molar-refractivity contribution in [2.24, 2.45) is 0 Å². The van der Waals surface area contributed by atoms with Gasteiger partial charge in [0.25, 0.3) is 10.1 Å². The van der Waals surface area contributed by atoms with Gasteiger partial charge in [-0.1, -0.05) is 17.7 Å². The first-order valence-electron chi connectivity index (χ1n) is 3.35. The van der Waals surface area contributed by atoms with E-state index in [1.807, 2.05) is 0 Å². The zero-order chi connectivity index (χ0) is 10.1. The molecule has 0 spiro atoms. The van der Waals surface area contributed by atoms with E-state index in [1.165, 1.54) is 12.1 Å². The van der Waals surface area contributed by atoms with E-state index in [0.29, 0.717) is 0 Å². The number of hydrogen-bond donors (Lipinski definition) is 1. The predicted octanol–water partition coefficient (Wildman–Crippen LogP) is 1.37. The van der Waals surface area contributed by atoms with Crippen LogP contribution in [0.15, 0.2) is 23.1 Å². The molecule has 0 atom stereocenters. The van der Waals surface area contributed by atoms with Crippen LogP contribution in [0.5, 0.6) is 0 Å². The van der Waals surface area contributed by atoms with Crippen LogP contribution < -0.4 is 5.73 Å². The summed E-state index contributed by atoms with van der Waals surface area (Å²) in [6, 6.07) is 4.00. The van der Waals surface area contributed by atoms with E-state index in [0.717, 1.165) is 6.07 Å². The van der Waals surface area contributed by atoms with E-state index in [2.05, 4.69) is 0 Å². The lowest BCUT2D eigenvalue weighted by molar-refractivity contribution is 0.482. The summed E-state index contributed by atoms with van der Waals surface area (Å²) in [5, 5.41) is 0.213. The Kier molecular flexibility index (Phi) is 2.92. The summed E-state index contributed by atoms with van der Waals surface area (Å²) in [4.78, 5) is -0.296. The Bertz CT molecular complexity index is 416. The van der Waals surface area contributed by atoms with Crippen molar-refractivity contribution in [2.75, 3.05) is 0 Å². The Morgan fingerprint density at radius 2 is 2.08 bits per heavy atom. The molecule has 13 heavy (non-hydrogen) atoms. The fourth-order valence-corrected chi connectivity index (χ4v) is 1.90. The second kappa shape index (κ2) is 3.63. The summed E-state index contributed by atoms with van der Waals surface area (Å²) in [5.74, 6) is 0. The minimum atomic E-state index is -4.27. The first-order valence-corrected chi connectivity index (χ1v) is 5.17. The number of rotatable bonds is 2. The number of nitrogens with one attached hydrogen (secondary N) is 1. The first-order chi connectivity index (χ1) is 5.95. The Morgan fingerprint density at radius 1 is 1.46 bits per heavy atom. The zero-order valence-corrected chi connectivity index (χ0v) is 8.06.